The van der Waals surface area contributed by atoms with E-state index in [-0.39, 0.29) is 12.1 Å². The van der Waals surface area contributed by atoms with Crippen LogP contribution in [0.25, 0.3) is 0 Å². The Kier molecular flexibility index (Phi) is 8.22. The van der Waals surface area contributed by atoms with Crippen LogP contribution in [0.2, 0.25) is 0 Å². The molecule has 126 valence electrons. The van der Waals surface area contributed by atoms with Crippen LogP contribution in [0.15, 0.2) is 0 Å². The van der Waals surface area contributed by atoms with Crippen LogP contribution in [0.5, 0.6) is 0 Å². The molecule has 1 rings (SSSR count). The maximum Gasteiger partial charge on any atom is 0.0610 e. The summed E-state index contributed by atoms with van der Waals surface area (Å²) in [5.41, 5.74) is -0.157. The number of aliphatic hydroxyl groups is 1. The fourth-order valence-corrected chi connectivity index (χ4v) is 3.65. The molecule has 1 saturated carbocycles. The van der Waals surface area contributed by atoms with E-state index >= 15 is 0 Å². The summed E-state index contributed by atoms with van der Waals surface area (Å²) >= 11 is 0. The van der Waals surface area contributed by atoms with Crippen molar-refractivity contribution in [2.24, 2.45) is 17.8 Å². The molecule has 0 aliphatic heterocycles. The van der Waals surface area contributed by atoms with Crippen molar-refractivity contribution in [3.63, 3.8) is 0 Å². The second-order valence-corrected chi connectivity index (χ2v) is 7.59. The van der Waals surface area contributed by atoms with Crippen LogP contribution in [0.3, 0.4) is 0 Å². The number of aliphatic hydroxyl groups excluding tert-OH is 1. The summed E-state index contributed by atoms with van der Waals surface area (Å²) in [5, 5.41) is 12.9. The molecule has 1 aliphatic carbocycles. The van der Waals surface area contributed by atoms with Crippen molar-refractivity contribution >= 4 is 0 Å². The summed E-state index contributed by atoms with van der Waals surface area (Å²) in [6, 6.07) is 0. The molecule has 0 aromatic carbocycles. The number of rotatable bonds is 9. The molecule has 0 radical (unpaired) electrons. The van der Waals surface area contributed by atoms with Crippen molar-refractivity contribution < 1.29 is 9.84 Å². The lowest BCUT2D eigenvalue weighted by Crippen LogP contribution is -2.45. The molecule has 0 amide bonds. The van der Waals surface area contributed by atoms with Gasteiger partial charge >= 0.3 is 0 Å². The molecule has 2 N–H and O–H groups in total. The van der Waals surface area contributed by atoms with Crippen molar-refractivity contribution in [3.05, 3.63) is 0 Å². The van der Waals surface area contributed by atoms with Gasteiger partial charge in [0.25, 0.3) is 0 Å². The Balaban J connectivity index is 2.35. The van der Waals surface area contributed by atoms with Crippen LogP contribution in [-0.2, 0) is 4.74 Å². The predicted octanol–water partition coefficient (Wildman–Crippen LogP) is 3.60. The molecule has 4 unspecified atom stereocenters. The van der Waals surface area contributed by atoms with Gasteiger partial charge in [0.05, 0.1) is 12.7 Å². The van der Waals surface area contributed by atoms with Crippen LogP contribution in [0.1, 0.15) is 66.7 Å². The molecule has 0 heterocycles. The van der Waals surface area contributed by atoms with Gasteiger partial charge in [-0.1, -0.05) is 34.1 Å². The Hall–Kier alpha value is -0.120. The Morgan fingerprint density at radius 1 is 1.33 bits per heavy atom. The van der Waals surface area contributed by atoms with Crippen molar-refractivity contribution in [2.75, 3.05) is 19.8 Å². The van der Waals surface area contributed by atoms with E-state index in [9.17, 15) is 5.11 Å². The van der Waals surface area contributed by atoms with Gasteiger partial charge < -0.3 is 15.2 Å². The fourth-order valence-electron chi connectivity index (χ4n) is 3.65. The van der Waals surface area contributed by atoms with Gasteiger partial charge in [0.15, 0.2) is 0 Å². The zero-order valence-corrected chi connectivity index (χ0v) is 14.8. The number of likely N-dealkylation sites (N-methyl/N-ethyl adjacent to an activating group) is 1. The first kappa shape index (κ1) is 18.9. The summed E-state index contributed by atoms with van der Waals surface area (Å²) in [7, 11) is 0. The van der Waals surface area contributed by atoms with Crippen molar-refractivity contribution in [3.8, 4) is 0 Å². The SMILES string of the molecule is CCNC(C)(CO)CCCOC1CC(C)CCC1C(C)C. The Bertz CT molecular complexity index is 282. The normalized spacial score (nSPS) is 29.6. The van der Waals surface area contributed by atoms with E-state index in [0.717, 1.165) is 37.8 Å². The summed E-state index contributed by atoms with van der Waals surface area (Å²) in [5.74, 6) is 2.24. The molecule has 3 nitrogen and oxygen atoms in total. The number of nitrogens with one attached hydrogen (secondary N) is 1. The topological polar surface area (TPSA) is 41.5 Å². The zero-order valence-electron chi connectivity index (χ0n) is 14.8. The Morgan fingerprint density at radius 2 is 2.05 bits per heavy atom. The molecule has 21 heavy (non-hydrogen) atoms. The Morgan fingerprint density at radius 3 is 2.62 bits per heavy atom. The standard InChI is InChI=1S/C18H37NO2/c1-6-19-18(5,13-20)10-7-11-21-17-12-15(4)8-9-16(17)14(2)3/h14-17,19-20H,6-13H2,1-5H3. The summed E-state index contributed by atoms with van der Waals surface area (Å²) in [6.07, 6.45) is 6.30. The number of hydrogen-bond acceptors (Lipinski definition) is 3. The maximum absolute atomic E-state index is 9.51. The zero-order chi connectivity index (χ0) is 15.9. The van der Waals surface area contributed by atoms with Gasteiger partial charge in [-0.25, -0.2) is 0 Å². The van der Waals surface area contributed by atoms with Gasteiger partial charge in [-0.15, -0.1) is 0 Å². The van der Waals surface area contributed by atoms with Crippen LogP contribution in [0.4, 0.5) is 0 Å². The van der Waals surface area contributed by atoms with E-state index in [1.54, 1.807) is 0 Å². The van der Waals surface area contributed by atoms with Gasteiger partial charge in [-0.05, 0) is 56.9 Å². The van der Waals surface area contributed by atoms with E-state index < -0.39 is 0 Å². The second kappa shape index (κ2) is 9.12. The highest BCUT2D eigenvalue weighted by molar-refractivity contribution is 4.83. The van der Waals surface area contributed by atoms with Gasteiger partial charge in [0.2, 0.25) is 0 Å². The molecule has 0 saturated heterocycles. The quantitative estimate of drug-likeness (QED) is 0.639. The van der Waals surface area contributed by atoms with Crippen molar-refractivity contribution in [1.29, 1.82) is 0 Å². The van der Waals surface area contributed by atoms with Crippen LogP contribution in [-0.4, -0.2) is 36.5 Å². The molecule has 3 heteroatoms. The molecule has 0 aromatic heterocycles. The minimum absolute atomic E-state index is 0.157. The molecular weight excluding hydrogens is 262 g/mol. The highest BCUT2D eigenvalue weighted by Gasteiger charge is 2.31. The minimum Gasteiger partial charge on any atom is -0.394 e. The first-order chi connectivity index (χ1) is 9.91. The van der Waals surface area contributed by atoms with Crippen molar-refractivity contribution in [1.82, 2.24) is 5.32 Å². The lowest BCUT2D eigenvalue weighted by atomic mass is 9.75. The fraction of sp³-hybridized carbons (Fsp3) is 1.00. The van der Waals surface area contributed by atoms with E-state index in [0.29, 0.717) is 12.0 Å². The third-order valence-electron chi connectivity index (χ3n) is 5.12. The number of hydrogen-bond donors (Lipinski definition) is 2. The highest BCUT2D eigenvalue weighted by atomic mass is 16.5. The van der Waals surface area contributed by atoms with E-state index in [4.69, 9.17) is 4.74 Å². The second-order valence-electron chi connectivity index (χ2n) is 7.59. The monoisotopic (exact) mass is 299 g/mol. The van der Waals surface area contributed by atoms with E-state index in [1.807, 2.05) is 0 Å². The highest BCUT2D eigenvalue weighted by Crippen LogP contribution is 2.35. The maximum atomic E-state index is 9.51. The molecular formula is C18H37NO2. The van der Waals surface area contributed by atoms with E-state index in [1.165, 1.54) is 19.3 Å². The molecule has 4 atom stereocenters. The van der Waals surface area contributed by atoms with Crippen LogP contribution in [0, 0.1) is 17.8 Å². The van der Waals surface area contributed by atoms with Crippen LogP contribution < -0.4 is 5.32 Å². The largest absolute Gasteiger partial charge is 0.394 e. The van der Waals surface area contributed by atoms with Crippen LogP contribution >= 0.6 is 0 Å². The molecule has 0 bridgehead atoms. The summed E-state index contributed by atoms with van der Waals surface area (Å²) in [6.45, 7) is 13.1. The van der Waals surface area contributed by atoms with Gasteiger partial charge in [0.1, 0.15) is 0 Å². The summed E-state index contributed by atoms with van der Waals surface area (Å²) < 4.78 is 6.24. The van der Waals surface area contributed by atoms with Gasteiger partial charge in [-0.3, -0.25) is 0 Å². The van der Waals surface area contributed by atoms with E-state index in [2.05, 4.69) is 39.9 Å². The molecule has 1 aliphatic rings. The molecule has 0 aromatic rings. The molecule has 1 fully saturated rings. The molecule has 0 spiro atoms. The van der Waals surface area contributed by atoms with Crippen molar-refractivity contribution in [2.45, 2.75) is 78.4 Å². The first-order valence-corrected chi connectivity index (χ1v) is 8.89. The average Bonchev–Trinajstić information content (AvgIpc) is 2.44. The lowest BCUT2D eigenvalue weighted by Gasteiger charge is -2.37. The predicted molar refractivity (Wildman–Crippen MR) is 89.5 cm³/mol. The third-order valence-corrected chi connectivity index (χ3v) is 5.12. The average molecular weight is 299 g/mol. The summed E-state index contributed by atoms with van der Waals surface area (Å²) in [4.78, 5) is 0. The lowest BCUT2D eigenvalue weighted by molar-refractivity contribution is -0.0412. The smallest absolute Gasteiger partial charge is 0.0610 e. The minimum atomic E-state index is -0.157. The third kappa shape index (κ3) is 6.25. The van der Waals surface area contributed by atoms with Gasteiger partial charge in [-0.2, -0.15) is 0 Å². The first-order valence-electron chi connectivity index (χ1n) is 8.89. The Labute approximate surface area is 131 Å². The van der Waals surface area contributed by atoms with Gasteiger partial charge in [0, 0.05) is 12.1 Å². The number of ether oxygens (including phenoxy) is 1.